The summed E-state index contributed by atoms with van der Waals surface area (Å²) in [7, 11) is 0. The summed E-state index contributed by atoms with van der Waals surface area (Å²) in [5, 5.41) is 30.5. The first kappa shape index (κ1) is 17.3. The summed E-state index contributed by atoms with van der Waals surface area (Å²) < 4.78 is 0. The smallest absolute Gasteiger partial charge is 0.269 e. The molecular formula is C19H19NO4. The van der Waals surface area contributed by atoms with Crippen LogP contribution in [0.1, 0.15) is 30.5 Å². The molecule has 24 heavy (non-hydrogen) atoms. The summed E-state index contributed by atoms with van der Waals surface area (Å²) in [4.78, 5) is 10.2. The van der Waals surface area contributed by atoms with E-state index in [2.05, 4.69) is 0 Å². The quantitative estimate of drug-likeness (QED) is 0.275. The maximum atomic E-state index is 10.7. The van der Waals surface area contributed by atoms with Gasteiger partial charge in [0.05, 0.1) is 4.92 Å². The zero-order valence-electron chi connectivity index (χ0n) is 13.6. The lowest BCUT2D eigenvalue weighted by atomic mass is 10.00. The number of benzene rings is 2. The second kappa shape index (κ2) is 7.46. The number of phenolic OH excluding ortho intramolecular Hbond substituents is 2. The third-order valence-electron chi connectivity index (χ3n) is 3.57. The van der Waals surface area contributed by atoms with Crippen LogP contribution in [0.3, 0.4) is 0 Å². The van der Waals surface area contributed by atoms with E-state index >= 15 is 0 Å². The summed E-state index contributed by atoms with van der Waals surface area (Å²) in [6, 6.07) is 9.37. The van der Waals surface area contributed by atoms with Crippen LogP contribution >= 0.6 is 0 Å². The predicted octanol–water partition coefficient (Wildman–Crippen LogP) is 4.69. The van der Waals surface area contributed by atoms with Gasteiger partial charge in [0.2, 0.25) is 0 Å². The molecule has 0 heterocycles. The van der Waals surface area contributed by atoms with Gasteiger partial charge in [-0.05, 0) is 49.6 Å². The number of non-ortho nitro benzene ring substituents is 1. The van der Waals surface area contributed by atoms with Gasteiger partial charge in [-0.15, -0.1) is 0 Å². The molecule has 0 atom stereocenters. The summed E-state index contributed by atoms with van der Waals surface area (Å²) in [5.74, 6) is -0.280. The van der Waals surface area contributed by atoms with E-state index in [0.29, 0.717) is 12.0 Å². The Morgan fingerprint density at radius 2 is 1.75 bits per heavy atom. The van der Waals surface area contributed by atoms with Crippen molar-refractivity contribution in [3.8, 4) is 11.5 Å². The van der Waals surface area contributed by atoms with Crippen LogP contribution in [-0.2, 0) is 6.42 Å². The Kier molecular flexibility index (Phi) is 5.37. The number of nitro benzene ring substituents is 1. The molecule has 0 aromatic heterocycles. The Balaban J connectivity index is 2.32. The minimum atomic E-state index is -0.441. The lowest BCUT2D eigenvalue weighted by Gasteiger charge is -2.09. The molecule has 0 amide bonds. The molecule has 2 aromatic carbocycles. The molecule has 0 spiro atoms. The Morgan fingerprint density at radius 1 is 1.08 bits per heavy atom. The molecule has 0 unspecified atom stereocenters. The van der Waals surface area contributed by atoms with Gasteiger partial charge in [0.15, 0.2) is 11.5 Å². The first-order valence-corrected chi connectivity index (χ1v) is 7.48. The van der Waals surface area contributed by atoms with Gasteiger partial charge in [0.25, 0.3) is 5.69 Å². The number of allylic oxidation sites excluding steroid dienone is 2. The van der Waals surface area contributed by atoms with Crippen LogP contribution in [0.4, 0.5) is 5.69 Å². The molecule has 2 aromatic rings. The van der Waals surface area contributed by atoms with Crippen LogP contribution in [-0.4, -0.2) is 15.1 Å². The second-order valence-electron chi connectivity index (χ2n) is 5.67. The standard InChI is InChI=1S/C19H19NO4/c1-13(2)3-11-17-15(8-12-18(21)19(17)22)7-4-14-5-9-16(10-6-14)20(23)24/h3-10,12,21-22H,11H2,1-2H3/b7-4+. The van der Waals surface area contributed by atoms with Gasteiger partial charge in [-0.1, -0.05) is 29.9 Å². The van der Waals surface area contributed by atoms with E-state index < -0.39 is 4.92 Å². The van der Waals surface area contributed by atoms with Gasteiger partial charge >= 0.3 is 0 Å². The van der Waals surface area contributed by atoms with Crippen LogP contribution in [0.25, 0.3) is 12.2 Å². The van der Waals surface area contributed by atoms with E-state index in [1.165, 1.54) is 18.2 Å². The van der Waals surface area contributed by atoms with E-state index in [4.69, 9.17) is 0 Å². The molecule has 0 aliphatic heterocycles. The topological polar surface area (TPSA) is 83.6 Å². The molecule has 2 N–H and O–H groups in total. The highest BCUT2D eigenvalue weighted by molar-refractivity contribution is 5.73. The van der Waals surface area contributed by atoms with Crippen LogP contribution in [0, 0.1) is 10.1 Å². The number of aromatic hydroxyl groups is 2. The van der Waals surface area contributed by atoms with Gasteiger partial charge in [0, 0.05) is 17.7 Å². The van der Waals surface area contributed by atoms with Crippen LogP contribution in [0.5, 0.6) is 11.5 Å². The number of rotatable bonds is 5. The van der Waals surface area contributed by atoms with Gasteiger partial charge in [-0.25, -0.2) is 0 Å². The highest BCUT2D eigenvalue weighted by Crippen LogP contribution is 2.33. The molecular weight excluding hydrogens is 306 g/mol. The van der Waals surface area contributed by atoms with Crippen LogP contribution < -0.4 is 0 Å². The van der Waals surface area contributed by atoms with E-state index in [-0.39, 0.29) is 17.2 Å². The minimum Gasteiger partial charge on any atom is -0.504 e. The highest BCUT2D eigenvalue weighted by Gasteiger charge is 2.09. The summed E-state index contributed by atoms with van der Waals surface area (Å²) in [6.07, 6.45) is 6.09. The average molecular weight is 325 g/mol. The van der Waals surface area contributed by atoms with E-state index in [9.17, 15) is 20.3 Å². The highest BCUT2D eigenvalue weighted by atomic mass is 16.6. The maximum Gasteiger partial charge on any atom is 0.269 e. The Hall–Kier alpha value is -3.08. The second-order valence-corrected chi connectivity index (χ2v) is 5.67. The zero-order chi connectivity index (χ0) is 17.7. The third-order valence-corrected chi connectivity index (χ3v) is 3.57. The van der Waals surface area contributed by atoms with Crippen LogP contribution in [0.15, 0.2) is 48.0 Å². The summed E-state index contributed by atoms with van der Waals surface area (Å²) in [5.41, 5.74) is 3.37. The predicted molar refractivity (Wildman–Crippen MR) is 94.9 cm³/mol. The number of hydrogen-bond acceptors (Lipinski definition) is 4. The van der Waals surface area contributed by atoms with Crippen molar-refractivity contribution in [2.24, 2.45) is 0 Å². The number of nitro groups is 1. The number of phenols is 2. The zero-order valence-corrected chi connectivity index (χ0v) is 13.6. The van der Waals surface area contributed by atoms with Crippen molar-refractivity contribution in [1.29, 1.82) is 0 Å². The largest absolute Gasteiger partial charge is 0.504 e. The molecule has 0 bridgehead atoms. The first-order valence-electron chi connectivity index (χ1n) is 7.48. The van der Waals surface area contributed by atoms with Crippen molar-refractivity contribution < 1.29 is 15.1 Å². The van der Waals surface area contributed by atoms with Crippen LogP contribution in [0.2, 0.25) is 0 Å². The lowest BCUT2D eigenvalue weighted by Crippen LogP contribution is -1.90. The first-order chi connectivity index (χ1) is 11.4. The number of hydrogen-bond donors (Lipinski definition) is 2. The summed E-state index contributed by atoms with van der Waals surface area (Å²) in [6.45, 7) is 3.93. The van der Waals surface area contributed by atoms with Crippen molar-refractivity contribution in [3.05, 3.63) is 74.9 Å². The molecule has 0 saturated heterocycles. The SMILES string of the molecule is CC(C)=CCc1c(/C=C/c2ccc([N+](=O)[O-])cc2)ccc(O)c1O. The molecule has 0 aliphatic rings. The van der Waals surface area contributed by atoms with E-state index in [1.54, 1.807) is 18.2 Å². The van der Waals surface area contributed by atoms with Crippen molar-refractivity contribution in [2.45, 2.75) is 20.3 Å². The normalized spacial score (nSPS) is 10.8. The lowest BCUT2D eigenvalue weighted by molar-refractivity contribution is -0.384. The fourth-order valence-electron chi connectivity index (χ4n) is 2.21. The van der Waals surface area contributed by atoms with Crippen molar-refractivity contribution in [2.75, 3.05) is 0 Å². The number of nitrogens with zero attached hydrogens (tertiary/aromatic N) is 1. The fourth-order valence-corrected chi connectivity index (χ4v) is 2.21. The van der Waals surface area contributed by atoms with Crippen molar-refractivity contribution >= 4 is 17.8 Å². The summed E-state index contributed by atoms with van der Waals surface area (Å²) >= 11 is 0. The molecule has 0 fully saturated rings. The van der Waals surface area contributed by atoms with Crippen molar-refractivity contribution in [3.63, 3.8) is 0 Å². The maximum absolute atomic E-state index is 10.7. The Bertz CT molecular complexity index is 801. The van der Waals surface area contributed by atoms with Gasteiger partial charge in [0.1, 0.15) is 0 Å². The Labute approximate surface area is 140 Å². The van der Waals surface area contributed by atoms with Crippen molar-refractivity contribution in [1.82, 2.24) is 0 Å². The minimum absolute atomic E-state index is 0.0404. The third kappa shape index (κ3) is 4.23. The molecule has 0 saturated carbocycles. The average Bonchev–Trinajstić information content (AvgIpc) is 2.55. The molecule has 5 heteroatoms. The monoisotopic (exact) mass is 325 g/mol. The van der Waals surface area contributed by atoms with Gasteiger partial charge < -0.3 is 10.2 Å². The molecule has 124 valence electrons. The molecule has 5 nitrogen and oxygen atoms in total. The fraction of sp³-hybridized carbons (Fsp3) is 0.158. The van der Waals surface area contributed by atoms with Gasteiger partial charge in [-0.3, -0.25) is 10.1 Å². The van der Waals surface area contributed by atoms with E-state index in [1.807, 2.05) is 32.1 Å². The molecule has 0 aliphatic carbocycles. The van der Waals surface area contributed by atoms with Gasteiger partial charge in [-0.2, -0.15) is 0 Å². The molecule has 2 rings (SSSR count). The Morgan fingerprint density at radius 3 is 2.33 bits per heavy atom. The molecule has 0 radical (unpaired) electrons. The van der Waals surface area contributed by atoms with E-state index in [0.717, 1.165) is 16.7 Å².